The Labute approximate surface area is 494 Å². The molecule has 7 rings (SSSR count). The number of rotatable bonds is 39. The Bertz CT molecular complexity index is 2920. The number of anilines is 1. The van der Waals surface area contributed by atoms with Crippen LogP contribution in [-0.2, 0) is 97.5 Å². The summed E-state index contributed by atoms with van der Waals surface area (Å²) in [4.78, 5) is 83.8. The molecular formula is C61H83FN6O17. The molecule has 0 bridgehead atoms. The number of amides is 4. The lowest BCUT2D eigenvalue weighted by molar-refractivity contribution is -0.148. The van der Waals surface area contributed by atoms with Gasteiger partial charge in [-0.15, -0.1) is 0 Å². The number of pyridine rings is 2. The summed E-state index contributed by atoms with van der Waals surface area (Å²) in [6.45, 7) is 16.9. The van der Waals surface area contributed by atoms with E-state index in [4.69, 9.17) is 57.1 Å². The molecule has 2 aromatic carbocycles. The summed E-state index contributed by atoms with van der Waals surface area (Å²) in [6.07, 6.45) is 1.69. The lowest BCUT2D eigenvalue weighted by Crippen LogP contribution is -2.51. The van der Waals surface area contributed by atoms with Gasteiger partial charge < -0.3 is 77.9 Å². The van der Waals surface area contributed by atoms with Crippen molar-refractivity contribution in [2.24, 2.45) is 5.92 Å². The van der Waals surface area contributed by atoms with Crippen LogP contribution in [0.1, 0.15) is 104 Å². The van der Waals surface area contributed by atoms with Crippen LogP contribution in [0, 0.1) is 18.7 Å². The van der Waals surface area contributed by atoms with Gasteiger partial charge in [0.1, 0.15) is 25.1 Å². The van der Waals surface area contributed by atoms with Crippen LogP contribution >= 0.6 is 0 Å². The van der Waals surface area contributed by atoms with E-state index in [2.05, 4.69) is 28.2 Å². The van der Waals surface area contributed by atoms with E-state index < -0.39 is 41.7 Å². The molecule has 23 nitrogen and oxygen atoms in total. The molecule has 2 aliphatic heterocycles. The first-order chi connectivity index (χ1) is 41.3. The molecule has 3 aliphatic rings. The van der Waals surface area contributed by atoms with Crippen LogP contribution < -0.4 is 26.8 Å². The second-order valence-electron chi connectivity index (χ2n) is 21.0. The fraction of sp³-hybridized carbons (Fsp3) is 0.590. The maximum atomic E-state index is 15.4. The van der Waals surface area contributed by atoms with Gasteiger partial charge in [0.05, 0.1) is 160 Å². The Morgan fingerprint density at radius 2 is 1.29 bits per heavy atom. The molecule has 0 saturated heterocycles. The summed E-state index contributed by atoms with van der Waals surface area (Å²) < 4.78 is 77.3. The number of aryl methyl sites for hydroxylation is 1. The molecule has 1 aliphatic carbocycles. The van der Waals surface area contributed by atoms with Gasteiger partial charge in [0, 0.05) is 35.7 Å². The van der Waals surface area contributed by atoms with E-state index in [0.29, 0.717) is 163 Å². The molecule has 3 atom stereocenters. The third-order valence-electron chi connectivity index (χ3n) is 14.6. The number of benzene rings is 2. The molecule has 4 heterocycles. The Kier molecular flexibility index (Phi) is 26.9. The molecule has 0 saturated carbocycles. The smallest absolute Gasteiger partial charge is 0.407 e. The molecule has 0 radical (unpaired) electrons. The zero-order valence-electron chi connectivity index (χ0n) is 49.6. The molecular weight excluding hydrogens is 1110 g/mol. The largest absolute Gasteiger partial charge is 0.460 e. The van der Waals surface area contributed by atoms with Crippen molar-refractivity contribution in [2.75, 3.05) is 131 Å². The normalized spacial score (nSPS) is 15.3. The quantitative estimate of drug-likeness (QED) is 0.0280. The minimum Gasteiger partial charge on any atom is -0.460 e. The van der Waals surface area contributed by atoms with E-state index in [-0.39, 0.29) is 69.3 Å². The highest BCUT2D eigenvalue weighted by atomic mass is 19.1. The monoisotopic (exact) mass is 1190 g/mol. The predicted octanol–water partition coefficient (Wildman–Crippen LogP) is 5.48. The number of halogens is 1. The van der Waals surface area contributed by atoms with Crippen LogP contribution in [0.15, 0.2) is 41.2 Å². The average Bonchev–Trinajstić information content (AvgIpc) is 1.95. The van der Waals surface area contributed by atoms with Crippen molar-refractivity contribution in [3.8, 4) is 11.4 Å². The van der Waals surface area contributed by atoms with E-state index in [0.717, 1.165) is 35.1 Å². The zero-order valence-corrected chi connectivity index (χ0v) is 49.6. The van der Waals surface area contributed by atoms with Gasteiger partial charge >= 0.3 is 12.1 Å². The van der Waals surface area contributed by atoms with Crippen LogP contribution in [0.25, 0.3) is 22.3 Å². The number of aromatic nitrogens is 2. The number of ether oxygens (including phenoxy) is 11. The van der Waals surface area contributed by atoms with Gasteiger partial charge in [0.25, 0.3) is 5.56 Å². The van der Waals surface area contributed by atoms with E-state index in [9.17, 15) is 28.8 Å². The zero-order chi connectivity index (χ0) is 60.5. The topological polar surface area (TPSA) is 270 Å². The van der Waals surface area contributed by atoms with Gasteiger partial charge in [-0.1, -0.05) is 39.8 Å². The second kappa shape index (κ2) is 34.6. The lowest BCUT2D eigenvalue weighted by atomic mass is 9.81. The Morgan fingerprint density at radius 1 is 0.729 bits per heavy atom. The van der Waals surface area contributed by atoms with Gasteiger partial charge in [-0.2, -0.15) is 0 Å². The minimum absolute atomic E-state index is 0.0199. The van der Waals surface area contributed by atoms with E-state index in [1.165, 1.54) is 6.07 Å². The molecule has 1 unspecified atom stereocenters. The standard InChI is InChI=1S/C61H83FN6O17/c1-6-15-75-17-19-77-21-23-79-25-27-81-29-31-83-32-30-82-28-26-80-24-22-78-20-18-76-16-14-52(69)67-56(39(3)4)58(71)63-35-53(70)64-42-10-8-41(9-11-42)37-85-61(74)66-49-13-12-44-40(5)48(62)34-50-54(44)55(49)46-36-68-51(57(46)65-50)33-45-43(7-2)60(73)84-38-47(45)59(68)72/h8-11,33-34,39,43,49,56H,6-7,12-32,35-38H2,1-5H3,(H,63,71)(H,64,70)(H,66,74)(H,67,69)/t43-,49+,56?/m1/s1. The highest BCUT2D eigenvalue weighted by Gasteiger charge is 2.38. The van der Waals surface area contributed by atoms with Crippen LogP contribution in [0.4, 0.5) is 14.9 Å². The molecule has 4 aromatic rings. The van der Waals surface area contributed by atoms with E-state index in [1.54, 1.807) is 49.6 Å². The van der Waals surface area contributed by atoms with Crippen molar-refractivity contribution in [2.45, 2.75) is 104 Å². The van der Waals surface area contributed by atoms with Crippen molar-refractivity contribution >= 4 is 46.4 Å². The molecule has 4 amide bonds. The first-order valence-corrected chi connectivity index (χ1v) is 29.5. The Hall–Kier alpha value is -6.48. The summed E-state index contributed by atoms with van der Waals surface area (Å²) >= 11 is 0. The summed E-state index contributed by atoms with van der Waals surface area (Å²) in [5, 5.41) is 11.8. The maximum absolute atomic E-state index is 15.4. The molecule has 24 heteroatoms. The molecule has 85 heavy (non-hydrogen) atoms. The molecule has 0 spiro atoms. The van der Waals surface area contributed by atoms with Crippen molar-refractivity contribution in [1.82, 2.24) is 25.5 Å². The molecule has 466 valence electrons. The van der Waals surface area contributed by atoms with Crippen LogP contribution in [0.2, 0.25) is 0 Å². The number of hydrogen-bond donors (Lipinski definition) is 4. The van der Waals surface area contributed by atoms with Gasteiger partial charge in [-0.3, -0.25) is 24.0 Å². The van der Waals surface area contributed by atoms with Gasteiger partial charge in [-0.05, 0) is 84.5 Å². The summed E-state index contributed by atoms with van der Waals surface area (Å²) in [6, 6.07) is 8.42. The number of cyclic esters (lactones) is 1. The SMILES string of the molecule is CCCOCCOCCOCCOCCOCCOCCOCCOCCOCCC(=O)NC(C(=O)NCC(=O)Nc1ccc(COC(=O)N[C@H]2CCc3c(C)c(F)cc4nc5c(c2c34)Cn2c-5cc3c(c2=O)COC(=O)[C@@H]3CC)cc1)C(C)C. The number of carbonyl (C=O) groups excluding carboxylic acids is 5. The van der Waals surface area contributed by atoms with E-state index in [1.807, 2.05) is 13.0 Å². The van der Waals surface area contributed by atoms with Crippen molar-refractivity contribution in [1.29, 1.82) is 0 Å². The van der Waals surface area contributed by atoms with Gasteiger partial charge in [0.2, 0.25) is 17.7 Å². The summed E-state index contributed by atoms with van der Waals surface area (Å²) in [5.74, 6) is -3.05. The number of hydrogen-bond acceptors (Lipinski definition) is 18. The van der Waals surface area contributed by atoms with Crippen molar-refractivity contribution < 1.29 is 80.5 Å². The molecule has 2 aromatic heterocycles. The Balaban J connectivity index is 0.725. The first-order valence-electron chi connectivity index (χ1n) is 29.5. The third kappa shape index (κ3) is 19.3. The minimum atomic E-state index is -0.889. The first kappa shape index (κ1) is 66.1. The number of fused-ring (bicyclic) bond motifs is 5. The second-order valence-corrected chi connectivity index (χ2v) is 21.0. The number of alkyl carbamates (subject to hydrolysis) is 1. The number of esters is 1. The van der Waals surface area contributed by atoms with E-state index >= 15 is 4.39 Å². The number of nitrogens with zero attached hydrogens (tertiary/aromatic N) is 2. The highest BCUT2D eigenvalue weighted by Crippen LogP contribution is 2.45. The highest BCUT2D eigenvalue weighted by molar-refractivity contribution is 5.96. The van der Waals surface area contributed by atoms with Crippen molar-refractivity contribution in [3.05, 3.63) is 91.5 Å². The third-order valence-corrected chi connectivity index (χ3v) is 14.6. The van der Waals surface area contributed by atoms with Crippen LogP contribution in [-0.4, -0.2) is 171 Å². The fourth-order valence-corrected chi connectivity index (χ4v) is 10.2. The molecule has 4 N–H and O–H groups in total. The molecule has 0 fully saturated rings. The maximum Gasteiger partial charge on any atom is 0.407 e. The summed E-state index contributed by atoms with van der Waals surface area (Å²) in [5.41, 5.74) is 6.04. The Morgan fingerprint density at radius 3 is 1.85 bits per heavy atom. The van der Waals surface area contributed by atoms with Gasteiger partial charge in [0.15, 0.2) is 0 Å². The number of nitrogens with one attached hydrogen (secondary N) is 4. The van der Waals surface area contributed by atoms with Crippen molar-refractivity contribution in [3.63, 3.8) is 0 Å². The van der Waals surface area contributed by atoms with Crippen LogP contribution in [0.5, 0.6) is 0 Å². The lowest BCUT2D eigenvalue weighted by Gasteiger charge is -2.29. The number of carbonyl (C=O) groups is 5. The van der Waals surface area contributed by atoms with Gasteiger partial charge in [-0.25, -0.2) is 14.2 Å². The average molecular weight is 1190 g/mol. The predicted molar refractivity (Wildman–Crippen MR) is 310 cm³/mol. The summed E-state index contributed by atoms with van der Waals surface area (Å²) in [7, 11) is 0. The van der Waals surface area contributed by atoms with Crippen LogP contribution in [0.3, 0.4) is 0 Å². The fourth-order valence-electron chi connectivity index (χ4n) is 10.2.